The Morgan fingerprint density at radius 3 is 2.23 bits per heavy atom. The molecule has 1 aliphatic carbocycles. The molecular formula is C26H32O4. The molecule has 0 unspecified atom stereocenters. The summed E-state index contributed by atoms with van der Waals surface area (Å²) in [7, 11) is 1.53. The molecule has 1 aliphatic rings. The smallest absolute Gasteiger partial charge is 0.335 e. The molecule has 1 N–H and O–H groups in total. The lowest BCUT2D eigenvalue weighted by atomic mass is 9.62. The molecule has 0 amide bonds. The molecule has 0 aliphatic heterocycles. The van der Waals surface area contributed by atoms with Crippen molar-refractivity contribution in [1.82, 2.24) is 0 Å². The second-order valence-corrected chi connectivity index (χ2v) is 9.53. The van der Waals surface area contributed by atoms with Crippen molar-refractivity contribution in [3.63, 3.8) is 0 Å². The van der Waals surface area contributed by atoms with Gasteiger partial charge in [-0.1, -0.05) is 52.5 Å². The minimum absolute atomic E-state index is 0.0000272. The number of methoxy groups -OCH3 is 1. The maximum Gasteiger partial charge on any atom is 0.335 e. The number of carboxylic acids is 1. The van der Waals surface area contributed by atoms with Crippen molar-refractivity contribution in [2.75, 3.05) is 13.9 Å². The van der Waals surface area contributed by atoms with E-state index in [4.69, 9.17) is 9.47 Å². The SMILES string of the molecule is C=C(C(=O)O)c1cc(-c2cc3c(cc2C)C(C)(C)CCC3(C)C)ccc1OCOC. The van der Waals surface area contributed by atoms with Gasteiger partial charge >= 0.3 is 5.97 Å². The standard InChI is InChI=1S/C26H32O4/c1-16-12-21-22(26(5,6)11-10-25(21,3)4)14-19(16)18-8-9-23(30-15-29-7)20(13-18)17(2)24(27)28/h8-9,12-14H,2,10-11,15H2,1,3-7H3,(H,27,28). The molecule has 4 heteroatoms. The second kappa shape index (κ2) is 7.92. The van der Waals surface area contributed by atoms with Crippen molar-refractivity contribution >= 4 is 11.5 Å². The maximum absolute atomic E-state index is 11.6. The Labute approximate surface area is 179 Å². The number of carbonyl (C=O) groups is 1. The molecule has 0 heterocycles. The van der Waals surface area contributed by atoms with Gasteiger partial charge in [0.25, 0.3) is 0 Å². The normalized spacial score (nSPS) is 16.6. The predicted molar refractivity (Wildman–Crippen MR) is 121 cm³/mol. The first-order valence-corrected chi connectivity index (χ1v) is 10.3. The molecule has 0 atom stereocenters. The fraction of sp³-hybridized carbons (Fsp3) is 0.423. The highest BCUT2D eigenvalue weighted by Crippen LogP contribution is 2.48. The van der Waals surface area contributed by atoms with Crippen molar-refractivity contribution in [3.8, 4) is 16.9 Å². The van der Waals surface area contributed by atoms with E-state index in [0.717, 1.165) is 17.5 Å². The summed E-state index contributed by atoms with van der Waals surface area (Å²) in [6, 6.07) is 10.2. The van der Waals surface area contributed by atoms with Crippen LogP contribution in [0.5, 0.6) is 5.75 Å². The number of fused-ring (bicyclic) bond motifs is 1. The molecule has 0 fully saturated rings. The van der Waals surface area contributed by atoms with Gasteiger partial charge in [0.05, 0.1) is 5.57 Å². The Balaban J connectivity index is 2.17. The molecule has 2 aromatic rings. The van der Waals surface area contributed by atoms with Crippen LogP contribution in [0.4, 0.5) is 0 Å². The predicted octanol–water partition coefficient (Wildman–Crippen LogP) is 6.09. The fourth-order valence-corrected chi connectivity index (χ4v) is 4.33. The third-order valence-corrected chi connectivity index (χ3v) is 6.40. The van der Waals surface area contributed by atoms with Crippen LogP contribution in [-0.2, 0) is 20.4 Å². The van der Waals surface area contributed by atoms with Crippen molar-refractivity contribution in [2.24, 2.45) is 0 Å². The molecule has 30 heavy (non-hydrogen) atoms. The minimum atomic E-state index is -1.07. The Kier molecular flexibility index (Phi) is 5.83. The maximum atomic E-state index is 11.6. The van der Waals surface area contributed by atoms with Crippen LogP contribution in [0.15, 0.2) is 36.9 Å². The Hall–Kier alpha value is -2.59. The summed E-state index contributed by atoms with van der Waals surface area (Å²) in [4.78, 5) is 11.6. The second-order valence-electron chi connectivity index (χ2n) is 9.53. The average Bonchev–Trinajstić information content (AvgIpc) is 2.69. The lowest BCUT2D eigenvalue weighted by molar-refractivity contribution is -0.130. The quantitative estimate of drug-likeness (QED) is 0.464. The topological polar surface area (TPSA) is 55.8 Å². The zero-order chi connectivity index (χ0) is 22.3. The van der Waals surface area contributed by atoms with Gasteiger partial charge in [-0.2, -0.15) is 0 Å². The van der Waals surface area contributed by atoms with Gasteiger partial charge in [0, 0.05) is 12.7 Å². The molecule has 0 spiro atoms. The molecule has 0 bridgehead atoms. The van der Waals surface area contributed by atoms with Crippen LogP contribution in [0, 0.1) is 6.92 Å². The highest BCUT2D eigenvalue weighted by atomic mass is 16.7. The van der Waals surface area contributed by atoms with E-state index in [0.29, 0.717) is 11.3 Å². The number of aliphatic carboxylic acids is 1. The number of hydrogen-bond acceptors (Lipinski definition) is 3. The molecule has 0 saturated heterocycles. The largest absolute Gasteiger partial charge is 0.478 e. The summed E-state index contributed by atoms with van der Waals surface area (Å²) < 4.78 is 10.6. The van der Waals surface area contributed by atoms with Crippen LogP contribution in [0.25, 0.3) is 16.7 Å². The van der Waals surface area contributed by atoms with E-state index in [1.54, 1.807) is 6.07 Å². The first kappa shape index (κ1) is 22.1. The van der Waals surface area contributed by atoms with E-state index in [1.807, 2.05) is 12.1 Å². The molecule has 0 saturated carbocycles. The Morgan fingerprint density at radius 1 is 1.07 bits per heavy atom. The fourth-order valence-electron chi connectivity index (χ4n) is 4.33. The number of aryl methyl sites for hydroxylation is 1. The van der Waals surface area contributed by atoms with E-state index >= 15 is 0 Å². The van der Waals surface area contributed by atoms with Crippen LogP contribution in [0.2, 0.25) is 0 Å². The van der Waals surface area contributed by atoms with Crippen LogP contribution in [0.3, 0.4) is 0 Å². The van der Waals surface area contributed by atoms with E-state index in [1.165, 1.54) is 30.2 Å². The van der Waals surface area contributed by atoms with E-state index in [9.17, 15) is 9.90 Å². The zero-order valence-corrected chi connectivity index (χ0v) is 18.9. The summed E-state index contributed by atoms with van der Waals surface area (Å²) in [6.07, 6.45) is 2.31. The molecular weight excluding hydrogens is 376 g/mol. The molecule has 0 radical (unpaired) electrons. The third-order valence-electron chi connectivity index (χ3n) is 6.40. The summed E-state index contributed by atoms with van der Waals surface area (Å²) in [5.41, 5.74) is 6.74. The van der Waals surface area contributed by atoms with Crippen LogP contribution in [0.1, 0.15) is 62.8 Å². The molecule has 2 aromatic carbocycles. The van der Waals surface area contributed by atoms with Gasteiger partial charge in [0.2, 0.25) is 0 Å². The van der Waals surface area contributed by atoms with Gasteiger partial charge in [-0.25, -0.2) is 4.79 Å². The first-order valence-electron chi connectivity index (χ1n) is 10.3. The summed E-state index contributed by atoms with van der Waals surface area (Å²) in [5.74, 6) is -0.621. The number of hydrogen-bond donors (Lipinski definition) is 1. The molecule has 4 nitrogen and oxygen atoms in total. The molecule has 160 valence electrons. The summed E-state index contributed by atoms with van der Waals surface area (Å²) >= 11 is 0. The molecule has 0 aromatic heterocycles. The van der Waals surface area contributed by atoms with E-state index < -0.39 is 5.97 Å². The number of carboxylic acid groups (broad SMARTS) is 1. The van der Waals surface area contributed by atoms with E-state index in [-0.39, 0.29) is 23.2 Å². The van der Waals surface area contributed by atoms with E-state index in [2.05, 4.69) is 53.3 Å². The monoisotopic (exact) mass is 408 g/mol. The van der Waals surface area contributed by atoms with Crippen LogP contribution in [-0.4, -0.2) is 25.0 Å². The Bertz CT molecular complexity index is 998. The summed E-state index contributed by atoms with van der Waals surface area (Å²) in [6.45, 7) is 15.1. The van der Waals surface area contributed by atoms with Crippen molar-refractivity contribution < 1.29 is 19.4 Å². The minimum Gasteiger partial charge on any atom is -0.478 e. The van der Waals surface area contributed by atoms with Gasteiger partial charge in [-0.05, 0) is 70.5 Å². The van der Waals surface area contributed by atoms with Gasteiger partial charge in [0.15, 0.2) is 6.79 Å². The highest BCUT2D eigenvalue weighted by Gasteiger charge is 2.37. The van der Waals surface area contributed by atoms with Gasteiger partial charge in [-0.15, -0.1) is 0 Å². The lowest BCUT2D eigenvalue weighted by Gasteiger charge is -2.42. The number of benzene rings is 2. The average molecular weight is 409 g/mol. The van der Waals surface area contributed by atoms with Gasteiger partial charge in [0.1, 0.15) is 5.75 Å². The van der Waals surface area contributed by atoms with Crippen molar-refractivity contribution in [3.05, 3.63) is 59.2 Å². The first-order chi connectivity index (χ1) is 14.0. The van der Waals surface area contributed by atoms with Crippen LogP contribution < -0.4 is 4.74 Å². The highest BCUT2D eigenvalue weighted by molar-refractivity contribution is 6.15. The van der Waals surface area contributed by atoms with Crippen molar-refractivity contribution in [1.29, 1.82) is 0 Å². The lowest BCUT2D eigenvalue weighted by Crippen LogP contribution is -2.34. The van der Waals surface area contributed by atoms with Crippen molar-refractivity contribution in [2.45, 2.75) is 58.3 Å². The van der Waals surface area contributed by atoms with Gasteiger partial charge in [-0.3, -0.25) is 0 Å². The number of rotatable bonds is 6. The Morgan fingerprint density at radius 2 is 1.67 bits per heavy atom. The molecule has 3 rings (SSSR count). The third kappa shape index (κ3) is 4.01. The summed E-state index contributed by atoms with van der Waals surface area (Å²) in [5, 5.41) is 9.50. The number of ether oxygens (including phenoxy) is 2. The van der Waals surface area contributed by atoms with Gasteiger partial charge < -0.3 is 14.6 Å². The van der Waals surface area contributed by atoms with Crippen LogP contribution >= 0.6 is 0 Å². The zero-order valence-electron chi connectivity index (χ0n) is 18.9.